The number of carbonyl (C=O) groups is 1. The largest absolute Gasteiger partial charge is 0.478 e. The van der Waals surface area contributed by atoms with Crippen LogP contribution in [0.15, 0.2) is 79.1 Å². The van der Waals surface area contributed by atoms with Gasteiger partial charge in [0.2, 0.25) is 5.95 Å². The Morgan fingerprint density at radius 1 is 1.00 bits per heavy atom. The monoisotopic (exact) mass is 462 g/mol. The van der Waals surface area contributed by atoms with E-state index in [1.807, 2.05) is 53.2 Å². The summed E-state index contributed by atoms with van der Waals surface area (Å²) < 4.78 is 1.95. The fourth-order valence-corrected chi connectivity index (χ4v) is 4.86. The Balaban J connectivity index is 1.39. The average molecular weight is 463 g/mol. The number of fused-ring (bicyclic) bond motifs is 2. The molecular formula is C27H22N6O2. The quantitative estimate of drug-likeness (QED) is 0.313. The SMILES string of the molecule is Nc1ccc(Nc2ncc3cnn(C4CCc5c(-c6ccccc6C(=O)O)cccc54)c3n2)cc1. The molecule has 0 radical (unpaired) electrons. The number of carboxylic acid groups (broad SMARTS) is 1. The van der Waals surface area contributed by atoms with E-state index in [4.69, 9.17) is 10.7 Å². The highest BCUT2D eigenvalue weighted by Gasteiger charge is 2.29. The lowest BCUT2D eigenvalue weighted by Crippen LogP contribution is -2.10. The van der Waals surface area contributed by atoms with E-state index in [0.717, 1.165) is 51.8 Å². The van der Waals surface area contributed by atoms with Crippen LogP contribution in [0, 0.1) is 0 Å². The second-order valence-electron chi connectivity index (χ2n) is 8.59. The van der Waals surface area contributed by atoms with E-state index < -0.39 is 5.97 Å². The van der Waals surface area contributed by atoms with Crippen LogP contribution in [-0.2, 0) is 6.42 Å². The molecule has 172 valence electrons. The third kappa shape index (κ3) is 3.65. The van der Waals surface area contributed by atoms with Crippen LogP contribution in [0.3, 0.4) is 0 Å². The topological polar surface area (TPSA) is 119 Å². The molecular weight excluding hydrogens is 440 g/mol. The molecule has 3 aromatic carbocycles. The summed E-state index contributed by atoms with van der Waals surface area (Å²) in [5, 5.41) is 18.4. The van der Waals surface area contributed by atoms with Crippen molar-refractivity contribution >= 4 is 34.3 Å². The molecule has 4 N–H and O–H groups in total. The predicted molar refractivity (Wildman–Crippen MR) is 135 cm³/mol. The number of nitrogens with zero attached hydrogens (tertiary/aromatic N) is 4. The van der Waals surface area contributed by atoms with Crippen molar-refractivity contribution in [1.29, 1.82) is 0 Å². The summed E-state index contributed by atoms with van der Waals surface area (Å²) in [6.45, 7) is 0. The molecule has 35 heavy (non-hydrogen) atoms. The van der Waals surface area contributed by atoms with E-state index in [-0.39, 0.29) is 6.04 Å². The smallest absolute Gasteiger partial charge is 0.336 e. The second-order valence-corrected chi connectivity index (χ2v) is 8.59. The third-order valence-corrected chi connectivity index (χ3v) is 6.48. The van der Waals surface area contributed by atoms with Gasteiger partial charge in [0, 0.05) is 17.6 Å². The Kier molecular flexibility index (Phi) is 4.92. The second kappa shape index (κ2) is 8.25. The lowest BCUT2D eigenvalue weighted by atomic mass is 9.93. The molecule has 1 unspecified atom stereocenters. The van der Waals surface area contributed by atoms with Crippen LogP contribution in [0.5, 0.6) is 0 Å². The third-order valence-electron chi connectivity index (χ3n) is 6.48. The fourth-order valence-electron chi connectivity index (χ4n) is 4.86. The van der Waals surface area contributed by atoms with Crippen molar-refractivity contribution < 1.29 is 9.90 Å². The van der Waals surface area contributed by atoms with Gasteiger partial charge in [0.1, 0.15) is 0 Å². The van der Waals surface area contributed by atoms with Crippen LogP contribution in [0.25, 0.3) is 22.2 Å². The summed E-state index contributed by atoms with van der Waals surface area (Å²) in [6, 6.07) is 20.6. The minimum atomic E-state index is -0.927. The van der Waals surface area contributed by atoms with Crippen molar-refractivity contribution in [3.05, 3.63) is 95.8 Å². The zero-order valence-corrected chi connectivity index (χ0v) is 18.7. The lowest BCUT2D eigenvalue weighted by molar-refractivity contribution is 0.0697. The van der Waals surface area contributed by atoms with Crippen LogP contribution >= 0.6 is 0 Å². The highest BCUT2D eigenvalue weighted by molar-refractivity contribution is 5.96. The summed E-state index contributed by atoms with van der Waals surface area (Å²) in [7, 11) is 0. The standard InChI is InChI=1S/C27H22N6O2/c28-17-8-10-18(11-9-17)31-27-29-14-16-15-30-33(25(16)32-27)24-13-12-21-19(6-3-7-22(21)24)20-4-1-2-5-23(20)26(34)35/h1-11,14-15,24H,12-13,28H2,(H,34,35)(H,29,31,32). The Hall–Kier alpha value is -4.72. The van der Waals surface area contributed by atoms with E-state index in [2.05, 4.69) is 21.5 Å². The Morgan fingerprint density at radius 3 is 2.63 bits per heavy atom. The number of aromatic carboxylic acids is 1. The molecule has 0 fully saturated rings. The molecule has 8 heteroatoms. The molecule has 0 saturated heterocycles. The molecule has 2 aromatic heterocycles. The number of benzene rings is 3. The van der Waals surface area contributed by atoms with Crippen LogP contribution in [-0.4, -0.2) is 30.8 Å². The van der Waals surface area contributed by atoms with Crippen LogP contribution in [0.2, 0.25) is 0 Å². The summed E-state index contributed by atoms with van der Waals surface area (Å²) in [4.78, 5) is 21.0. The highest BCUT2D eigenvalue weighted by Crippen LogP contribution is 2.41. The van der Waals surface area contributed by atoms with Gasteiger partial charge in [-0.15, -0.1) is 0 Å². The van der Waals surface area contributed by atoms with Gasteiger partial charge in [-0.1, -0.05) is 36.4 Å². The first kappa shape index (κ1) is 20.9. The highest BCUT2D eigenvalue weighted by atomic mass is 16.4. The maximum Gasteiger partial charge on any atom is 0.336 e. The molecule has 0 bridgehead atoms. The summed E-state index contributed by atoms with van der Waals surface area (Å²) in [6.07, 6.45) is 5.22. The van der Waals surface area contributed by atoms with Gasteiger partial charge in [0.15, 0.2) is 5.65 Å². The Morgan fingerprint density at radius 2 is 1.80 bits per heavy atom. The maximum absolute atomic E-state index is 11.8. The number of nitrogens with two attached hydrogens (primary N) is 1. The molecule has 5 aromatic rings. The molecule has 0 spiro atoms. The number of rotatable bonds is 5. The number of aromatic nitrogens is 4. The van der Waals surface area contributed by atoms with Crippen molar-refractivity contribution in [2.45, 2.75) is 18.9 Å². The van der Waals surface area contributed by atoms with E-state index in [9.17, 15) is 9.90 Å². The number of carboxylic acids is 1. The van der Waals surface area contributed by atoms with Crippen LogP contribution < -0.4 is 11.1 Å². The van der Waals surface area contributed by atoms with Crippen LogP contribution in [0.1, 0.15) is 33.9 Å². The molecule has 0 saturated carbocycles. The zero-order valence-electron chi connectivity index (χ0n) is 18.7. The molecule has 0 amide bonds. The van der Waals surface area contributed by atoms with E-state index in [1.165, 1.54) is 0 Å². The summed E-state index contributed by atoms with van der Waals surface area (Å²) in [5.74, 6) is -0.449. The predicted octanol–water partition coefficient (Wildman–Crippen LogP) is 5.05. The minimum absolute atomic E-state index is 0.00119. The normalized spacial score (nSPS) is 14.7. The van der Waals surface area contributed by atoms with E-state index in [0.29, 0.717) is 17.2 Å². The summed E-state index contributed by atoms with van der Waals surface area (Å²) >= 11 is 0. The van der Waals surface area contributed by atoms with Gasteiger partial charge < -0.3 is 16.2 Å². The van der Waals surface area contributed by atoms with Crippen molar-refractivity contribution in [2.75, 3.05) is 11.1 Å². The van der Waals surface area contributed by atoms with Crippen molar-refractivity contribution in [1.82, 2.24) is 19.7 Å². The van der Waals surface area contributed by atoms with Crippen LogP contribution in [0.4, 0.5) is 17.3 Å². The van der Waals surface area contributed by atoms with Gasteiger partial charge in [0.05, 0.1) is 23.2 Å². The molecule has 1 atom stereocenters. The molecule has 8 nitrogen and oxygen atoms in total. The fraction of sp³-hybridized carbons (Fsp3) is 0.111. The number of hydrogen-bond acceptors (Lipinski definition) is 6. The van der Waals surface area contributed by atoms with Gasteiger partial charge in [-0.25, -0.2) is 14.5 Å². The Bertz CT molecular complexity index is 1570. The first-order chi connectivity index (χ1) is 17.1. The van der Waals surface area contributed by atoms with Crippen molar-refractivity contribution in [3.63, 3.8) is 0 Å². The summed E-state index contributed by atoms with van der Waals surface area (Å²) in [5.41, 5.74) is 12.4. The molecule has 1 aliphatic rings. The van der Waals surface area contributed by atoms with Gasteiger partial charge in [-0.3, -0.25) is 0 Å². The van der Waals surface area contributed by atoms with Gasteiger partial charge in [0.25, 0.3) is 0 Å². The van der Waals surface area contributed by atoms with Gasteiger partial charge >= 0.3 is 5.97 Å². The minimum Gasteiger partial charge on any atom is -0.478 e. The van der Waals surface area contributed by atoms with Crippen molar-refractivity contribution in [2.24, 2.45) is 0 Å². The molecule has 2 heterocycles. The lowest BCUT2D eigenvalue weighted by Gasteiger charge is -2.15. The number of nitrogens with one attached hydrogen (secondary N) is 1. The van der Waals surface area contributed by atoms with Gasteiger partial charge in [-0.2, -0.15) is 10.1 Å². The number of hydrogen-bond donors (Lipinski definition) is 3. The Labute approximate surface area is 201 Å². The number of anilines is 3. The van der Waals surface area contributed by atoms with Crippen molar-refractivity contribution in [3.8, 4) is 11.1 Å². The maximum atomic E-state index is 11.8. The van der Waals surface area contributed by atoms with Gasteiger partial charge in [-0.05, 0) is 65.4 Å². The first-order valence-corrected chi connectivity index (χ1v) is 11.4. The molecule has 0 aliphatic heterocycles. The zero-order chi connectivity index (χ0) is 23.9. The average Bonchev–Trinajstić information content (AvgIpc) is 3.49. The first-order valence-electron chi connectivity index (χ1n) is 11.4. The number of nitrogen functional groups attached to an aromatic ring is 1. The van der Waals surface area contributed by atoms with E-state index >= 15 is 0 Å². The molecule has 1 aliphatic carbocycles. The molecule has 6 rings (SSSR count). The van der Waals surface area contributed by atoms with E-state index in [1.54, 1.807) is 24.5 Å².